The van der Waals surface area contributed by atoms with Crippen LogP contribution < -0.4 is 10.2 Å². The monoisotopic (exact) mass is 428 g/mol. The lowest BCUT2D eigenvalue weighted by Gasteiger charge is -2.03. The zero-order valence-corrected chi connectivity index (χ0v) is 18.2. The highest BCUT2D eigenvalue weighted by Gasteiger charge is 2.13. The van der Waals surface area contributed by atoms with Crippen molar-refractivity contribution in [2.24, 2.45) is 5.10 Å². The molecule has 32 heavy (non-hydrogen) atoms. The van der Waals surface area contributed by atoms with Gasteiger partial charge in [-0.3, -0.25) is 9.89 Å². The number of rotatable bonds is 7. The summed E-state index contributed by atoms with van der Waals surface area (Å²) < 4.78 is 7.31. The van der Waals surface area contributed by atoms with Crippen molar-refractivity contribution in [3.05, 3.63) is 83.3 Å². The number of benzene rings is 2. The lowest BCUT2D eigenvalue weighted by Crippen LogP contribution is -2.18. The zero-order chi connectivity index (χ0) is 22.5. The van der Waals surface area contributed by atoms with E-state index in [2.05, 4.69) is 25.8 Å². The Labute approximate surface area is 185 Å². The second-order valence-corrected chi connectivity index (χ2v) is 7.16. The van der Waals surface area contributed by atoms with Gasteiger partial charge in [-0.2, -0.15) is 15.3 Å². The predicted molar refractivity (Wildman–Crippen MR) is 123 cm³/mol. The number of carbonyl (C=O) groups excluding carboxylic acids is 1. The third kappa shape index (κ3) is 4.44. The van der Waals surface area contributed by atoms with E-state index < -0.39 is 0 Å². The molecule has 8 heteroatoms. The third-order valence-corrected chi connectivity index (χ3v) is 4.99. The molecule has 2 aromatic carbocycles. The summed E-state index contributed by atoms with van der Waals surface area (Å²) in [6, 6.07) is 19.1. The van der Waals surface area contributed by atoms with Crippen LogP contribution in [0, 0.1) is 13.8 Å². The molecule has 0 fully saturated rings. The smallest absolute Gasteiger partial charge is 0.289 e. The molecule has 0 aliphatic carbocycles. The van der Waals surface area contributed by atoms with Crippen molar-refractivity contribution in [1.82, 2.24) is 25.4 Å². The van der Waals surface area contributed by atoms with Crippen molar-refractivity contribution >= 4 is 12.1 Å². The molecule has 4 rings (SSSR count). The summed E-state index contributed by atoms with van der Waals surface area (Å²) in [6.45, 7) is 6.42. The Balaban J connectivity index is 1.44. The second-order valence-electron chi connectivity index (χ2n) is 7.16. The number of para-hydroxylation sites is 1. The number of ether oxygens (including phenoxy) is 1. The highest BCUT2D eigenvalue weighted by atomic mass is 16.5. The van der Waals surface area contributed by atoms with Crippen LogP contribution in [0.3, 0.4) is 0 Å². The molecular weight excluding hydrogens is 404 g/mol. The van der Waals surface area contributed by atoms with Crippen molar-refractivity contribution in [3.63, 3.8) is 0 Å². The average Bonchev–Trinajstić information content (AvgIpc) is 3.41. The summed E-state index contributed by atoms with van der Waals surface area (Å²) in [5.74, 6) is 0.414. The molecular formula is C24H24N6O2. The molecule has 0 unspecified atom stereocenters. The predicted octanol–water partition coefficient (Wildman–Crippen LogP) is 4.04. The molecule has 2 heterocycles. The second kappa shape index (κ2) is 9.30. The molecule has 2 N–H and O–H groups in total. The van der Waals surface area contributed by atoms with E-state index in [1.54, 1.807) is 12.3 Å². The quantitative estimate of drug-likeness (QED) is 0.343. The van der Waals surface area contributed by atoms with Gasteiger partial charge in [-0.15, -0.1) is 0 Å². The molecule has 1 amide bonds. The first-order chi connectivity index (χ1) is 15.6. The summed E-state index contributed by atoms with van der Waals surface area (Å²) in [4.78, 5) is 12.5. The van der Waals surface area contributed by atoms with Crippen molar-refractivity contribution < 1.29 is 9.53 Å². The van der Waals surface area contributed by atoms with Gasteiger partial charge in [0, 0.05) is 11.1 Å². The van der Waals surface area contributed by atoms with Gasteiger partial charge >= 0.3 is 0 Å². The van der Waals surface area contributed by atoms with Crippen LogP contribution in [0.5, 0.6) is 5.75 Å². The fraction of sp³-hybridized carbons (Fsp3) is 0.167. The minimum absolute atomic E-state index is 0.319. The van der Waals surface area contributed by atoms with Gasteiger partial charge in [0.2, 0.25) is 0 Å². The van der Waals surface area contributed by atoms with E-state index in [9.17, 15) is 4.79 Å². The summed E-state index contributed by atoms with van der Waals surface area (Å²) in [6.07, 6.45) is 1.61. The number of aromatic amines is 1. The fourth-order valence-electron chi connectivity index (χ4n) is 3.35. The minimum Gasteiger partial charge on any atom is -0.494 e. The molecule has 4 aromatic rings. The van der Waals surface area contributed by atoms with Gasteiger partial charge in [0.15, 0.2) is 0 Å². The lowest BCUT2D eigenvalue weighted by atomic mass is 10.1. The minimum atomic E-state index is -0.378. The highest BCUT2D eigenvalue weighted by molar-refractivity contribution is 5.94. The van der Waals surface area contributed by atoms with Crippen molar-refractivity contribution in [3.8, 4) is 22.7 Å². The number of amides is 1. The standard InChI is InChI=1S/C24H24N6O2/c1-4-32-20-12-10-18(11-13-20)22-14-23(27-26-22)24(31)28-25-15-21-16(2)29-30(17(21)3)19-8-6-5-7-9-19/h5-15H,4H2,1-3H3,(H,26,27)(H,28,31)/b25-15-. The molecule has 0 radical (unpaired) electrons. The van der Waals surface area contributed by atoms with E-state index in [4.69, 9.17) is 4.74 Å². The first kappa shape index (κ1) is 21.0. The number of hydrazone groups is 1. The van der Waals surface area contributed by atoms with Gasteiger partial charge in [-0.25, -0.2) is 10.1 Å². The number of nitrogens with zero attached hydrogens (tertiary/aromatic N) is 4. The van der Waals surface area contributed by atoms with Crippen LogP contribution in [-0.4, -0.2) is 38.7 Å². The highest BCUT2D eigenvalue weighted by Crippen LogP contribution is 2.21. The largest absolute Gasteiger partial charge is 0.494 e. The Morgan fingerprint density at radius 2 is 1.91 bits per heavy atom. The van der Waals surface area contributed by atoms with Crippen molar-refractivity contribution in [2.75, 3.05) is 6.61 Å². The molecule has 0 aliphatic rings. The van der Waals surface area contributed by atoms with Crippen LogP contribution in [0.25, 0.3) is 16.9 Å². The van der Waals surface area contributed by atoms with Crippen molar-refractivity contribution in [1.29, 1.82) is 0 Å². The first-order valence-electron chi connectivity index (χ1n) is 10.3. The summed E-state index contributed by atoms with van der Waals surface area (Å²) in [5.41, 5.74) is 7.99. The Bertz CT molecular complexity index is 1240. The van der Waals surface area contributed by atoms with Crippen LogP contribution in [-0.2, 0) is 0 Å². The molecule has 0 saturated carbocycles. The molecule has 2 aromatic heterocycles. The first-order valence-corrected chi connectivity index (χ1v) is 10.3. The number of hydrogen-bond donors (Lipinski definition) is 2. The molecule has 8 nitrogen and oxygen atoms in total. The Morgan fingerprint density at radius 3 is 2.62 bits per heavy atom. The Hall–Kier alpha value is -4.20. The number of nitrogens with one attached hydrogen (secondary N) is 2. The maximum Gasteiger partial charge on any atom is 0.289 e. The van der Waals surface area contributed by atoms with Crippen LogP contribution in [0.2, 0.25) is 0 Å². The SMILES string of the molecule is CCOc1ccc(-c2cc(C(=O)N/N=C\c3c(C)nn(-c4ccccc4)c3C)[nH]n2)cc1. The van der Waals surface area contributed by atoms with E-state index in [0.29, 0.717) is 18.0 Å². The van der Waals surface area contributed by atoms with Gasteiger partial charge in [0.25, 0.3) is 5.91 Å². The van der Waals surface area contributed by atoms with Gasteiger partial charge in [-0.1, -0.05) is 18.2 Å². The van der Waals surface area contributed by atoms with Crippen LogP contribution in [0.15, 0.2) is 65.8 Å². The van der Waals surface area contributed by atoms with Crippen LogP contribution >= 0.6 is 0 Å². The van der Waals surface area contributed by atoms with Gasteiger partial charge in [-0.05, 0) is 63.2 Å². The van der Waals surface area contributed by atoms with Crippen LogP contribution in [0.1, 0.15) is 34.4 Å². The molecule has 0 atom stereocenters. The maximum atomic E-state index is 12.5. The van der Waals surface area contributed by atoms with E-state index in [-0.39, 0.29) is 5.91 Å². The summed E-state index contributed by atoms with van der Waals surface area (Å²) in [7, 11) is 0. The van der Waals surface area contributed by atoms with Gasteiger partial charge in [0.1, 0.15) is 11.4 Å². The maximum absolute atomic E-state index is 12.5. The molecule has 0 saturated heterocycles. The van der Waals surface area contributed by atoms with Crippen LogP contribution in [0.4, 0.5) is 0 Å². The van der Waals surface area contributed by atoms with E-state index in [1.165, 1.54) is 0 Å². The Morgan fingerprint density at radius 1 is 1.16 bits per heavy atom. The molecule has 162 valence electrons. The third-order valence-electron chi connectivity index (χ3n) is 4.99. The number of aromatic nitrogens is 4. The fourth-order valence-corrected chi connectivity index (χ4v) is 3.35. The number of aryl methyl sites for hydroxylation is 1. The summed E-state index contributed by atoms with van der Waals surface area (Å²) in [5, 5.41) is 15.7. The lowest BCUT2D eigenvalue weighted by molar-refractivity contribution is 0.0950. The number of carbonyl (C=O) groups is 1. The topological polar surface area (TPSA) is 97.2 Å². The molecule has 0 bridgehead atoms. The van der Waals surface area contributed by atoms with E-state index in [0.717, 1.165) is 34.0 Å². The van der Waals surface area contributed by atoms with Crippen molar-refractivity contribution in [2.45, 2.75) is 20.8 Å². The number of hydrogen-bond acceptors (Lipinski definition) is 5. The molecule has 0 spiro atoms. The number of H-pyrrole nitrogens is 1. The van der Waals surface area contributed by atoms with E-state index in [1.807, 2.05) is 80.1 Å². The average molecular weight is 428 g/mol. The Kier molecular flexibility index (Phi) is 6.12. The van der Waals surface area contributed by atoms with Gasteiger partial charge < -0.3 is 4.74 Å². The normalized spacial score (nSPS) is 11.1. The zero-order valence-electron chi connectivity index (χ0n) is 18.2. The molecule has 0 aliphatic heterocycles. The van der Waals surface area contributed by atoms with Gasteiger partial charge in [0.05, 0.1) is 35.6 Å². The van der Waals surface area contributed by atoms with E-state index >= 15 is 0 Å². The summed E-state index contributed by atoms with van der Waals surface area (Å²) >= 11 is 0.